The van der Waals surface area contributed by atoms with Crippen LogP contribution in [0.1, 0.15) is 37.7 Å². The number of pyridine rings is 1. The van der Waals surface area contributed by atoms with Crippen molar-refractivity contribution in [3.05, 3.63) is 35.3 Å². The van der Waals surface area contributed by atoms with E-state index in [9.17, 15) is 0 Å². The van der Waals surface area contributed by atoms with Gasteiger partial charge in [0.1, 0.15) is 5.65 Å². The summed E-state index contributed by atoms with van der Waals surface area (Å²) >= 11 is 0. The number of aryl methyl sites for hydroxylation is 2. The lowest BCUT2D eigenvalue weighted by atomic mass is 9.91. The molecule has 0 bridgehead atoms. The Hall–Kier alpha value is -1.31. The Morgan fingerprint density at radius 3 is 2.40 bits per heavy atom. The fraction of sp³-hybridized carbons (Fsp3) is 0.462. The molecule has 0 fully saturated rings. The van der Waals surface area contributed by atoms with Crippen molar-refractivity contribution in [1.82, 2.24) is 9.38 Å². The topological polar surface area (TPSA) is 17.3 Å². The second-order valence-corrected chi connectivity index (χ2v) is 5.23. The second kappa shape index (κ2) is 3.09. The summed E-state index contributed by atoms with van der Waals surface area (Å²) in [7, 11) is 0. The highest BCUT2D eigenvalue weighted by molar-refractivity contribution is 5.45. The molecule has 2 aromatic heterocycles. The van der Waals surface area contributed by atoms with Gasteiger partial charge in [0.2, 0.25) is 0 Å². The first-order chi connectivity index (χ1) is 6.89. The van der Waals surface area contributed by atoms with Gasteiger partial charge in [0.05, 0.1) is 11.4 Å². The minimum atomic E-state index is 0.136. The highest BCUT2D eigenvalue weighted by Gasteiger charge is 2.21. The highest BCUT2D eigenvalue weighted by Crippen LogP contribution is 2.26. The molecule has 2 nitrogen and oxygen atoms in total. The summed E-state index contributed by atoms with van der Waals surface area (Å²) in [4.78, 5) is 4.58. The molecule has 0 aliphatic rings. The molecule has 0 N–H and O–H groups in total. The molecule has 0 saturated carbocycles. The van der Waals surface area contributed by atoms with Crippen LogP contribution in [-0.2, 0) is 5.41 Å². The third kappa shape index (κ3) is 1.65. The van der Waals surface area contributed by atoms with Gasteiger partial charge in [-0.1, -0.05) is 26.8 Å². The van der Waals surface area contributed by atoms with Crippen LogP contribution in [0.2, 0.25) is 0 Å². The average Bonchev–Trinajstić information content (AvgIpc) is 2.38. The molecule has 0 aromatic carbocycles. The Balaban J connectivity index is 2.82. The van der Waals surface area contributed by atoms with Crippen LogP contribution in [0.15, 0.2) is 18.3 Å². The zero-order valence-corrected chi connectivity index (χ0v) is 10.1. The van der Waals surface area contributed by atoms with E-state index in [2.05, 4.69) is 62.3 Å². The van der Waals surface area contributed by atoms with Crippen LogP contribution in [0, 0.1) is 13.8 Å². The summed E-state index contributed by atoms with van der Waals surface area (Å²) in [5, 5.41) is 0. The maximum atomic E-state index is 4.58. The first kappa shape index (κ1) is 10.2. The van der Waals surface area contributed by atoms with Crippen molar-refractivity contribution in [2.75, 3.05) is 0 Å². The molecule has 0 saturated heterocycles. The summed E-state index contributed by atoms with van der Waals surface area (Å²) in [6, 6.07) is 4.19. The monoisotopic (exact) mass is 202 g/mol. The van der Waals surface area contributed by atoms with Gasteiger partial charge in [0.15, 0.2) is 0 Å². The normalized spacial score (nSPS) is 12.3. The van der Waals surface area contributed by atoms with Crippen molar-refractivity contribution < 1.29 is 0 Å². The predicted octanol–water partition coefficient (Wildman–Crippen LogP) is 3.25. The van der Waals surface area contributed by atoms with Crippen LogP contribution < -0.4 is 0 Å². The fourth-order valence-corrected chi connectivity index (χ4v) is 2.17. The van der Waals surface area contributed by atoms with Gasteiger partial charge in [0, 0.05) is 11.6 Å². The average molecular weight is 202 g/mol. The van der Waals surface area contributed by atoms with Gasteiger partial charge in [-0.25, -0.2) is 4.98 Å². The molecular formula is C13H18N2. The maximum absolute atomic E-state index is 4.58. The Labute approximate surface area is 91.0 Å². The molecule has 15 heavy (non-hydrogen) atoms. The number of imidazole rings is 1. The number of rotatable bonds is 0. The van der Waals surface area contributed by atoms with E-state index in [0.29, 0.717) is 0 Å². The molecular weight excluding hydrogens is 184 g/mol. The molecule has 0 unspecified atom stereocenters. The third-order valence-corrected chi connectivity index (χ3v) is 2.65. The summed E-state index contributed by atoms with van der Waals surface area (Å²) < 4.78 is 2.21. The largest absolute Gasteiger partial charge is 0.303 e. The molecule has 2 heteroatoms. The van der Waals surface area contributed by atoms with Crippen LogP contribution in [0.5, 0.6) is 0 Å². The zero-order chi connectivity index (χ0) is 11.2. The van der Waals surface area contributed by atoms with Crippen LogP contribution in [0.3, 0.4) is 0 Å². The van der Waals surface area contributed by atoms with Crippen molar-refractivity contribution in [1.29, 1.82) is 0 Å². The van der Waals surface area contributed by atoms with E-state index in [1.54, 1.807) is 0 Å². The molecule has 0 radical (unpaired) electrons. The second-order valence-electron chi connectivity index (χ2n) is 5.23. The van der Waals surface area contributed by atoms with Gasteiger partial charge in [-0.3, -0.25) is 0 Å². The predicted molar refractivity (Wildman–Crippen MR) is 63.4 cm³/mol. The van der Waals surface area contributed by atoms with Gasteiger partial charge in [-0.05, 0) is 25.5 Å². The molecule has 0 amide bonds. The van der Waals surface area contributed by atoms with Crippen LogP contribution >= 0.6 is 0 Å². The summed E-state index contributed by atoms with van der Waals surface area (Å²) in [5.74, 6) is 0. The molecule has 0 aliphatic heterocycles. The van der Waals surface area contributed by atoms with Crippen molar-refractivity contribution in [2.45, 2.75) is 40.0 Å². The first-order valence-electron chi connectivity index (χ1n) is 5.35. The molecule has 0 spiro atoms. The lowest BCUT2D eigenvalue weighted by Crippen LogP contribution is -2.15. The molecule has 2 aromatic rings. The van der Waals surface area contributed by atoms with Gasteiger partial charge < -0.3 is 4.40 Å². The standard InChI is InChI=1S/C13H18N2/c1-9-6-7-11-14-10(2)12(13(3,4)5)15(11)8-9/h6-8H,1-5H3. The van der Waals surface area contributed by atoms with Crippen molar-refractivity contribution in [3.63, 3.8) is 0 Å². The smallest absolute Gasteiger partial charge is 0.137 e. The van der Waals surface area contributed by atoms with E-state index in [1.165, 1.54) is 11.3 Å². The molecule has 0 aliphatic carbocycles. The minimum Gasteiger partial charge on any atom is -0.303 e. The van der Waals surface area contributed by atoms with E-state index in [-0.39, 0.29) is 5.41 Å². The van der Waals surface area contributed by atoms with Crippen LogP contribution in [0.25, 0.3) is 5.65 Å². The Kier molecular flexibility index (Phi) is 2.10. The van der Waals surface area contributed by atoms with E-state index in [1.807, 2.05) is 0 Å². The zero-order valence-electron chi connectivity index (χ0n) is 10.1. The van der Waals surface area contributed by atoms with Gasteiger partial charge in [-0.2, -0.15) is 0 Å². The Morgan fingerprint density at radius 1 is 1.13 bits per heavy atom. The van der Waals surface area contributed by atoms with E-state index in [0.717, 1.165) is 11.3 Å². The quantitative estimate of drug-likeness (QED) is 0.641. The Bertz CT molecular complexity index is 501. The van der Waals surface area contributed by atoms with Crippen LogP contribution in [0.4, 0.5) is 0 Å². The van der Waals surface area contributed by atoms with Crippen LogP contribution in [-0.4, -0.2) is 9.38 Å². The third-order valence-electron chi connectivity index (χ3n) is 2.65. The van der Waals surface area contributed by atoms with Gasteiger partial charge >= 0.3 is 0 Å². The Morgan fingerprint density at radius 2 is 1.80 bits per heavy atom. The maximum Gasteiger partial charge on any atom is 0.137 e. The van der Waals surface area contributed by atoms with Crippen molar-refractivity contribution in [2.24, 2.45) is 0 Å². The van der Waals surface area contributed by atoms with Gasteiger partial charge in [0.25, 0.3) is 0 Å². The first-order valence-corrected chi connectivity index (χ1v) is 5.35. The molecule has 2 heterocycles. The highest BCUT2D eigenvalue weighted by atomic mass is 15.0. The molecule has 2 rings (SSSR count). The van der Waals surface area contributed by atoms with Crippen molar-refractivity contribution >= 4 is 5.65 Å². The lowest BCUT2D eigenvalue weighted by molar-refractivity contribution is 0.559. The van der Waals surface area contributed by atoms with E-state index >= 15 is 0 Å². The molecule has 0 atom stereocenters. The van der Waals surface area contributed by atoms with Crippen molar-refractivity contribution in [3.8, 4) is 0 Å². The number of hydrogen-bond donors (Lipinski definition) is 0. The summed E-state index contributed by atoms with van der Waals surface area (Å²) in [6.45, 7) is 10.9. The number of hydrogen-bond acceptors (Lipinski definition) is 1. The summed E-state index contributed by atoms with van der Waals surface area (Å²) in [5.41, 5.74) is 4.89. The molecule has 80 valence electrons. The van der Waals surface area contributed by atoms with E-state index < -0.39 is 0 Å². The minimum absolute atomic E-state index is 0.136. The number of nitrogens with zero attached hydrogens (tertiary/aromatic N) is 2. The fourth-order valence-electron chi connectivity index (χ4n) is 2.17. The number of fused-ring (bicyclic) bond motifs is 1. The van der Waals surface area contributed by atoms with E-state index in [4.69, 9.17) is 0 Å². The van der Waals surface area contributed by atoms with Gasteiger partial charge in [-0.15, -0.1) is 0 Å². The SMILES string of the molecule is Cc1ccc2nc(C)c(C(C)(C)C)n2c1. The number of aromatic nitrogens is 2. The summed E-state index contributed by atoms with van der Waals surface area (Å²) in [6.07, 6.45) is 2.16. The lowest BCUT2D eigenvalue weighted by Gasteiger charge is -2.19.